The predicted molar refractivity (Wildman–Crippen MR) is 128 cm³/mol. The molecular formula is C26H30N4O3. The zero-order valence-corrected chi connectivity index (χ0v) is 19.4. The Bertz CT molecular complexity index is 1180. The molecule has 1 saturated heterocycles. The number of methoxy groups -OCH3 is 1. The molecule has 4 rings (SSSR count). The summed E-state index contributed by atoms with van der Waals surface area (Å²) in [6, 6.07) is 15.2. The number of likely N-dealkylation sites (tertiary alicyclic amines) is 1. The maximum absolute atomic E-state index is 13.0. The van der Waals surface area contributed by atoms with Crippen LogP contribution in [0.2, 0.25) is 0 Å². The molecule has 7 heteroatoms. The van der Waals surface area contributed by atoms with E-state index in [-0.39, 0.29) is 11.7 Å². The van der Waals surface area contributed by atoms with Gasteiger partial charge < -0.3 is 10.1 Å². The quantitative estimate of drug-likeness (QED) is 0.602. The summed E-state index contributed by atoms with van der Waals surface area (Å²) in [5.41, 5.74) is 3.70. The van der Waals surface area contributed by atoms with Crippen molar-refractivity contribution >= 4 is 5.91 Å². The van der Waals surface area contributed by atoms with Crippen LogP contribution in [0, 0.1) is 13.8 Å². The molecule has 0 saturated carbocycles. The summed E-state index contributed by atoms with van der Waals surface area (Å²) in [6.07, 6.45) is 3.87. The minimum Gasteiger partial charge on any atom is -0.497 e. The van der Waals surface area contributed by atoms with Crippen LogP contribution in [0.3, 0.4) is 0 Å². The first-order chi connectivity index (χ1) is 16.0. The molecule has 1 N–H and O–H groups in total. The van der Waals surface area contributed by atoms with Crippen molar-refractivity contribution in [3.05, 3.63) is 87.3 Å². The Morgan fingerprint density at radius 1 is 1.06 bits per heavy atom. The normalized spacial score (nSPS) is 14.8. The van der Waals surface area contributed by atoms with Crippen molar-refractivity contribution in [1.29, 1.82) is 0 Å². The maximum atomic E-state index is 13.0. The predicted octanol–water partition coefficient (Wildman–Crippen LogP) is 3.42. The summed E-state index contributed by atoms with van der Waals surface area (Å²) in [7, 11) is 1.64. The highest BCUT2D eigenvalue weighted by molar-refractivity contribution is 5.92. The minimum absolute atomic E-state index is 0.0213. The molecule has 0 unspecified atom stereocenters. The lowest BCUT2D eigenvalue weighted by Gasteiger charge is -2.28. The van der Waals surface area contributed by atoms with Gasteiger partial charge in [0.1, 0.15) is 5.75 Å². The average Bonchev–Trinajstić information content (AvgIpc) is 3.36. The third-order valence-electron chi connectivity index (χ3n) is 6.32. The van der Waals surface area contributed by atoms with Gasteiger partial charge in [-0.1, -0.05) is 18.2 Å². The van der Waals surface area contributed by atoms with E-state index in [0.717, 1.165) is 48.5 Å². The van der Waals surface area contributed by atoms with Gasteiger partial charge >= 0.3 is 0 Å². The fraction of sp³-hybridized carbons (Fsp3) is 0.346. The van der Waals surface area contributed by atoms with E-state index in [0.29, 0.717) is 6.54 Å². The van der Waals surface area contributed by atoms with Crippen molar-refractivity contribution in [3.8, 4) is 11.4 Å². The Hall–Kier alpha value is -3.45. The fourth-order valence-electron chi connectivity index (χ4n) is 4.19. The monoisotopic (exact) mass is 446 g/mol. The first-order valence-electron chi connectivity index (χ1n) is 11.3. The topological polar surface area (TPSA) is 76.5 Å². The number of carbonyl (C=O) groups excluding carboxylic acids is 1. The standard InChI is InChI=1S/C26H30N4O3/c1-18-6-9-21(16-19(18)2)30-15-12-24(31)25(28-30)26(32)27-17-23(29-13-4-5-14-29)20-7-10-22(33-3)11-8-20/h6-12,15-16,23H,4-5,13-14,17H2,1-3H3,(H,27,32)/t23-/m1/s1. The van der Waals surface area contributed by atoms with Crippen LogP contribution in [0.5, 0.6) is 5.75 Å². The number of amides is 1. The van der Waals surface area contributed by atoms with Crippen LogP contribution >= 0.6 is 0 Å². The lowest BCUT2D eigenvalue weighted by atomic mass is 10.1. The van der Waals surface area contributed by atoms with Crippen molar-refractivity contribution < 1.29 is 9.53 Å². The van der Waals surface area contributed by atoms with Crippen molar-refractivity contribution in [1.82, 2.24) is 20.0 Å². The molecule has 0 spiro atoms. The Balaban J connectivity index is 1.54. The lowest BCUT2D eigenvalue weighted by molar-refractivity contribution is 0.0930. The summed E-state index contributed by atoms with van der Waals surface area (Å²) in [6.45, 7) is 6.42. The molecule has 0 aliphatic carbocycles. The van der Waals surface area contributed by atoms with Gasteiger partial charge in [0.2, 0.25) is 5.43 Å². The molecule has 0 radical (unpaired) electrons. The van der Waals surface area contributed by atoms with Crippen molar-refractivity contribution in [2.75, 3.05) is 26.7 Å². The van der Waals surface area contributed by atoms with E-state index in [1.807, 2.05) is 56.3 Å². The molecule has 1 aliphatic rings. The van der Waals surface area contributed by atoms with Gasteiger partial charge in [0.05, 0.1) is 18.8 Å². The molecule has 33 heavy (non-hydrogen) atoms. The number of nitrogens with zero attached hydrogens (tertiary/aromatic N) is 3. The van der Waals surface area contributed by atoms with Gasteiger partial charge in [-0.15, -0.1) is 0 Å². The summed E-state index contributed by atoms with van der Waals surface area (Å²) in [4.78, 5) is 27.8. The van der Waals surface area contributed by atoms with Crippen LogP contribution in [0.25, 0.3) is 5.69 Å². The number of benzene rings is 2. The Kier molecular flexibility index (Phi) is 6.89. The second kappa shape index (κ2) is 10.0. The van der Waals surface area contributed by atoms with E-state index in [1.54, 1.807) is 18.0 Å². The smallest absolute Gasteiger partial charge is 0.275 e. The van der Waals surface area contributed by atoms with E-state index in [1.165, 1.54) is 11.6 Å². The molecule has 7 nitrogen and oxygen atoms in total. The van der Waals surface area contributed by atoms with Crippen LogP contribution in [-0.4, -0.2) is 47.3 Å². The number of ether oxygens (including phenoxy) is 1. The first kappa shape index (κ1) is 22.7. The zero-order chi connectivity index (χ0) is 23.4. The molecule has 1 atom stereocenters. The van der Waals surface area contributed by atoms with E-state index in [4.69, 9.17) is 4.74 Å². The van der Waals surface area contributed by atoms with Gasteiger partial charge in [0.25, 0.3) is 5.91 Å². The van der Waals surface area contributed by atoms with Crippen LogP contribution in [0.4, 0.5) is 0 Å². The molecule has 2 aromatic carbocycles. The van der Waals surface area contributed by atoms with E-state index in [2.05, 4.69) is 15.3 Å². The number of hydrogen-bond donors (Lipinski definition) is 1. The summed E-state index contributed by atoms with van der Waals surface area (Å²) in [5, 5.41) is 7.30. The molecule has 1 fully saturated rings. The zero-order valence-electron chi connectivity index (χ0n) is 19.4. The van der Waals surface area contributed by atoms with Crippen LogP contribution in [0.1, 0.15) is 46.1 Å². The first-order valence-corrected chi connectivity index (χ1v) is 11.3. The Morgan fingerprint density at radius 2 is 1.79 bits per heavy atom. The molecule has 1 amide bonds. The lowest BCUT2D eigenvalue weighted by Crippen LogP contribution is -2.39. The molecular weight excluding hydrogens is 416 g/mol. The number of nitrogens with one attached hydrogen (secondary N) is 1. The summed E-state index contributed by atoms with van der Waals surface area (Å²) >= 11 is 0. The number of aromatic nitrogens is 2. The highest BCUT2D eigenvalue weighted by Crippen LogP contribution is 2.26. The summed E-state index contributed by atoms with van der Waals surface area (Å²) in [5.74, 6) is 0.333. The fourth-order valence-corrected chi connectivity index (χ4v) is 4.19. The van der Waals surface area contributed by atoms with Crippen LogP contribution in [-0.2, 0) is 0 Å². The molecule has 1 aliphatic heterocycles. The Morgan fingerprint density at radius 3 is 2.45 bits per heavy atom. The van der Waals surface area contributed by atoms with E-state index in [9.17, 15) is 9.59 Å². The van der Waals surface area contributed by atoms with E-state index < -0.39 is 11.3 Å². The minimum atomic E-state index is -0.462. The summed E-state index contributed by atoms with van der Waals surface area (Å²) < 4.78 is 6.85. The van der Waals surface area contributed by atoms with Gasteiger partial charge in [-0.3, -0.25) is 14.5 Å². The third kappa shape index (κ3) is 5.14. The largest absolute Gasteiger partial charge is 0.497 e. The Labute approximate surface area is 194 Å². The van der Waals surface area contributed by atoms with Gasteiger partial charge in [0, 0.05) is 18.8 Å². The molecule has 2 heterocycles. The number of hydrogen-bond acceptors (Lipinski definition) is 5. The second-order valence-corrected chi connectivity index (χ2v) is 8.48. The highest BCUT2D eigenvalue weighted by atomic mass is 16.5. The van der Waals surface area contributed by atoms with Crippen molar-refractivity contribution in [3.63, 3.8) is 0 Å². The second-order valence-electron chi connectivity index (χ2n) is 8.48. The van der Waals surface area contributed by atoms with Gasteiger partial charge in [-0.2, -0.15) is 5.10 Å². The van der Waals surface area contributed by atoms with Crippen LogP contribution in [0.15, 0.2) is 59.5 Å². The molecule has 172 valence electrons. The maximum Gasteiger partial charge on any atom is 0.275 e. The van der Waals surface area contributed by atoms with Crippen LogP contribution < -0.4 is 15.5 Å². The number of aryl methyl sites for hydroxylation is 2. The number of rotatable bonds is 7. The SMILES string of the molecule is COc1ccc([C@@H](CNC(=O)c2nn(-c3ccc(C)c(C)c3)ccc2=O)N2CCCC2)cc1. The average molecular weight is 447 g/mol. The molecule has 1 aromatic heterocycles. The van der Waals surface area contributed by atoms with Gasteiger partial charge in [0.15, 0.2) is 5.69 Å². The third-order valence-corrected chi connectivity index (χ3v) is 6.32. The highest BCUT2D eigenvalue weighted by Gasteiger charge is 2.25. The molecule has 0 bridgehead atoms. The van der Waals surface area contributed by atoms with Gasteiger partial charge in [-0.05, 0) is 80.7 Å². The number of carbonyl (C=O) groups is 1. The van der Waals surface area contributed by atoms with Crippen molar-refractivity contribution in [2.45, 2.75) is 32.7 Å². The molecule has 3 aromatic rings. The van der Waals surface area contributed by atoms with Crippen molar-refractivity contribution in [2.24, 2.45) is 0 Å². The van der Waals surface area contributed by atoms with Gasteiger partial charge in [-0.25, -0.2) is 4.68 Å². The van der Waals surface area contributed by atoms with E-state index >= 15 is 0 Å².